The number of likely N-dealkylation sites (N-methyl/N-ethyl adjacent to an activating group) is 1. The van der Waals surface area contributed by atoms with Crippen LogP contribution in [0.2, 0.25) is 0 Å². The summed E-state index contributed by atoms with van der Waals surface area (Å²) in [5.74, 6) is -1.32. The van der Waals surface area contributed by atoms with Crippen LogP contribution >= 0.6 is 12.4 Å². The Balaban J connectivity index is 0.00000361. The zero-order valence-corrected chi connectivity index (χ0v) is 12.7. The lowest BCUT2D eigenvalue weighted by atomic mass is 10.0. The van der Waals surface area contributed by atoms with Crippen molar-refractivity contribution in [3.05, 3.63) is 35.4 Å². The van der Waals surface area contributed by atoms with Gasteiger partial charge in [0.1, 0.15) is 11.6 Å². The van der Waals surface area contributed by atoms with Crippen LogP contribution in [0.4, 0.5) is 8.78 Å². The van der Waals surface area contributed by atoms with Crippen molar-refractivity contribution < 1.29 is 13.6 Å². The summed E-state index contributed by atoms with van der Waals surface area (Å²) >= 11 is 0. The summed E-state index contributed by atoms with van der Waals surface area (Å²) in [5.41, 5.74) is 5.91. The van der Waals surface area contributed by atoms with Crippen LogP contribution in [-0.4, -0.2) is 23.9 Å². The molecule has 0 aliphatic carbocycles. The number of hydrogen-bond acceptors (Lipinski definition) is 2. The predicted molar refractivity (Wildman–Crippen MR) is 77.7 cm³/mol. The highest BCUT2D eigenvalue weighted by atomic mass is 35.5. The minimum atomic E-state index is -0.603. The first-order valence-electron chi connectivity index (χ1n) is 6.35. The number of amides is 1. The normalized spacial score (nSPS) is 13.3. The molecule has 0 fully saturated rings. The number of hydrogen-bond donors (Lipinski definition) is 1. The van der Waals surface area contributed by atoms with Gasteiger partial charge in [0.2, 0.25) is 5.91 Å². The van der Waals surface area contributed by atoms with E-state index in [9.17, 15) is 13.6 Å². The molecule has 0 spiro atoms. The van der Waals surface area contributed by atoms with Crippen LogP contribution in [0.3, 0.4) is 0 Å². The van der Waals surface area contributed by atoms with E-state index in [-0.39, 0.29) is 23.9 Å². The van der Waals surface area contributed by atoms with E-state index >= 15 is 0 Å². The van der Waals surface area contributed by atoms with Crippen LogP contribution in [0.15, 0.2) is 18.2 Å². The SMILES string of the molecule is CCCC(N)C(=O)N(C)C(C)c1cc(F)ccc1F.Cl. The van der Waals surface area contributed by atoms with Crippen molar-refractivity contribution >= 4 is 18.3 Å². The summed E-state index contributed by atoms with van der Waals surface area (Å²) < 4.78 is 26.8. The lowest BCUT2D eigenvalue weighted by Gasteiger charge is -2.28. The van der Waals surface area contributed by atoms with Gasteiger partial charge in [0.25, 0.3) is 0 Å². The van der Waals surface area contributed by atoms with Gasteiger partial charge in [0.05, 0.1) is 12.1 Å². The van der Waals surface area contributed by atoms with E-state index in [1.165, 1.54) is 4.90 Å². The monoisotopic (exact) mass is 306 g/mol. The molecule has 1 aromatic rings. The highest BCUT2D eigenvalue weighted by molar-refractivity contribution is 5.85. The van der Waals surface area contributed by atoms with Crippen molar-refractivity contribution in [1.29, 1.82) is 0 Å². The molecule has 0 aliphatic heterocycles. The Morgan fingerprint density at radius 2 is 2.00 bits per heavy atom. The molecule has 2 atom stereocenters. The topological polar surface area (TPSA) is 46.3 Å². The second kappa shape index (κ2) is 8.17. The number of carbonyl (C=O) groups excluding carboxylic acids is 1. The van der Waals surface area contributed by atoms with Crippen LogP contribution in [0.25, 0.3) is 0 Å². The van der Waals surface area contributed by atoms with Gasteiger partial charge in [0.15, 0.2) is 0 Å². The maximum atomic E-state index is 13.7. The van der Waals surface area contributed by atoms with Crippen LogP contribution in [0.5, 0.6) is 0 Å². The van der Waals surface area contributed by atoms with Crippen molar-refractivity contribution in [3.63, 3.8) is 0 Å². The average Bonchev–Trinajstić information content (AvgIpc) is 2.39. The van der Waals surface area contributed by atoms with E-state index < -0.39 is 23.7 Å². The van der Waals surface area contributed by atoms with E-state index in [4.69, 9.17) is 5.73 Å². The highest BCUT2D eigenvalue weighted by Crippen LogP contribution is 2.23. The maximum Gasteiger partial charge on any atom is 0.239 e. The van der Waals surface area contributed by atoms with E-state index in [2.05, 4.69) is 0 Å². The second-order valence-electron chi connectivity index (χ2n) is 4.69. The van der Waals surface area contributed by atoms with Gasteiger partial charge in [-0.15, -0.1) is 12.4 Å². The Hall–Kier alpha value is -1.20. The zero-order valence-electron chi connectivity index (χ0n) is 11.9. The highest BCUT2D eigenvalue weighted by Gasteiger charge is 2.24. The Labute approximate surface area is 124 Å². The molecule has 0 saturated carbocycles. The third-order valence-corrected chi connectivity index (χ3v) is 3.25. The minimum Gasteiger partial charge on any atom is -0.338 e. The number of nitrogens with zero attached hydrogens (tertiary/aromatic N) is 1. The van der Waals surface area contributed by atoms with Gasteiger partial charge in [-0.25, -0.2) is 8.78 Å². The van der Waals surface area contributed by atoms with E-state index in [0.717, 1.165) is 24.6 Å². The fourth-order valence-corrected chi connectivity index (χ4v) is 1.93. The third-order valence-electron chi connectivity index (χ3n) is 3.25. The Bertz CT molecular complexity index is 457. The summed E-state index contributed by atoms with van der Waals surface area (Å²) in [4.78, 5) is 13.4. The molecule has 0 bridgehead atoms. The Morgan fingerprint density at radius 1 is 1.40 bits per heavy atom. The van der Waals surface area contributed by atoms with Gasteiger partial charge < -0.3 is 10.6 Å². The smallest absolute Gasteiger partial charge is 0.239 e. The van der Waals surface area contributed by atoms with Crippen molar-refractivity contribution in [2.45, 2.75) is 38.8 Å². The molecule has 1 amide bonds. The summed E-state index contributed by atoms with van der Waals surface area (Å²) in [6.45, 7) is 3.58. The first kappa shape index (κ1) is 18.8. The third kappa shape index (κ3) is 4.42. The molecule has 6 heteroatoms. The fraction of sp³-hybridized carbons (Fsp3) is 0.500. The standard InChI is InChI=1S/C14H20F2N2O.ClH/c1-4-5-13(17)14(19)18(3)9(2)11-8-10(15)6-7-12(11)16;/h6-9,13H,4-5,17H2,1-3H3;1H. The summed E-state index contributed by atoms with van der Waals surface area (Å²) in [6.07, 6.45) is 1.37. The first-order valence-corrected chi connectivity index (χ1v) is 6.35. The van der Waals surface area contributed by atoms with E-state index in [1.807, 2.05) is 6.92 Å². The molecular formula is C14H21ClF2N2O. The molecule has 0 aromatic heterocycles. The van der Waals surface area contributed by atoms with E-state index in [1.54, 1.807) is 14.0 Å². The van der Waals surface area contributed by atoms with Gasteiger partial charge in [-0.05, 0) is 31.5 Å². The largest absolute Gasteiger partial charge is 0.338 e. The molecular weight excluding hydrogens is 286 g/mol. The first-order chi connectivity index (χ1) is 8.88. The minimum absolute atomic E-state index is 0. The predicted octanol–water partition coefficient (Wildman–Crippen LogP) is 3.03. The molecule has 114 valence electrons. The van der Waals surface area contributed by atoms with Crippen LogP contribution in [0.1, 0.15) is 38.3 Å². The quantitative estimate of drug-likeness (QED) is 0.909. The second-order valence-corrected chi connectivity index (χ2v) is 4.69. The molecule has 0 heterocycles. The molecule has 2 N–H and O–H groups in total. The molecule has 2 unspecified atom stereocenters. The zero-order chi connectivity index (χ0) is 14.6. The molecule has 20 heavy (non-hydrogen) atoms. The fourth-order valence-electron chi connectivity index (χ4n) is 1.93. The van der Waals surface area contributed by atoms with Crippen molar-refractivity contribution in [2.75, 3.05) is 7.05 Å². The molecule has 1 aromatic carbocycles. The van der Waals surface area contributed by atoms with E-state index in [0.29, 0.717) is 6.42 Å². The molecule has 0 saturated heterocycles. The van der Waals surface area contributed by atoms with Gasteiger partial charge in [-0.3, -0.25) is 4.79 Å². The number of carbonyl (C=O) groups is 1. The Morgan fingerprint density at radius 3 is 2.55 bits per heavy atom. The molecule has 0 radical (unpaired) electrons. The summed E-state index contributed by atoms with van der Waals surface area (Å²) in [5, 5.41) is 0. The average molecular weight is 307 g/mol. The van der Waals surface area contributed by atoms with Crippen molar-refractivity contribution in [2.24, 2.45) is 5.73 Å². The van der Waals surface area contributed by atoms with Crippen LogP contribution in [0, 0.1) is 11.6 Å². The molecule has 1 rings (SSSR count). The van der Waals surface area contributed by atoms with Gasteiger partial charge >= 0.3 is 0 Å². The molecule has 3 nitrogen and oxygen atoms in total. The number of nitrogens with two attached hydrogens (primary N) is 1. The van der Waals surface area contributed by atoms with Crippen molar-refractivity contribution in [1.82, 2.24) is 4.90 Å². The number of benzene rings is 1. The molecule has 0 aliphatic rings. The lowest BCUT2D eigenvalue weighted by Crippen LogP contribution is -2.42. The van der Waals surface area contributed by atoms with Crippen LogP contribution in [-0.2, 0) is 4.79 Å². The van der Waals surface area contributed by atoms with Crippen molar-refractivity contribution in [3.8, 4) is 0 Å². The summed E-state index contributed by atoms with van der Waals surface area (Å²) in [6, 6.07) is 2.05. The Kier molecular flexibility index (Phi) is 7.68. The van der Waals surface area contributed by atoms with Crippen LogP contribution < -0.4 is 5.73 Å². The lowest BCUT2D eigenvalue weighted by molar-refractivity contribution is -0.133. The van der Waals surface area contributed by atoms with Gasteiger partial charge in [-0.1, -0.05) is 13.3 Å². The number of rotatable bonds is 5. The van der Waals surface area contributed by atoms with Gasteiger partial charge in [-0.2, -0.15) is 0 Å². The van der Waals surface area contributed by atoms with Gasteiger partial charge in [0, 0.05) is 12.6 Å². The maximum absolute atomic E-state index is 13.7. The summed E-state index contributed by atoms with van der Waals surface area (Å²) in [7, 11) is 1.55. The number of halogens is 3.